The van der Waals surface area contributed by atoms with Gasteiger partial charge >= 0.3 is 0 Å². The average Bonchev–Trinajstić information content (AvgIpc) is 2.56. The molecule has 1 aliphatic rings. The molecule has 0 saturated heterocycles. The highest BCUT2D eigenvalue weighted by atomic mass is 19.1. The van der Waals surface area contributed by atoms with Gasteiger partial charge in [0.25, 0.3) is 5.91 Å². The number of benzene rings is 2. The van der Waals surface area contributed by atoms with Gasteiger partial charge in [-0.1, -0.05) is 6.07 Å². The fourth-order valence-electron chi connectivity index (χ4n) is 2.40. The molecule has 1 aliphatic heterocycles. The second kappa shape index (κ2) is 6.24. The van der Waals surface area contributed by atoms with Gasteiger partial charge in [0.15, 0.2) is 11.5 Å². The Morgan fingerprint density at radius 3 is 2.61 bits per heavy atom. The molecule has 0 bridgehead atoms. The molecule has 6 heteroatoms. The SMILES string of the molecule is CN(Cc1ccc2c(c1)OCCO2)C(=O)c1cc(F)ccc1F. The summed E-state index contributed by atoms with van der Waals surface area (Å²) in [6.07, 6.45) is 0. The van der Waals surface area contributed by atoms with Crippen molar-refractivity contribution < 1.29 is 23.0 Å². The summed E-state index contributed by atoms with van der Waals surface area (Å²) in [6.45, 7) is 1.22. The van der Waals surface area contributed by atoms with Gasteiger partial charge in [0.2, 0.25) is 0 Å². The van der Waals surface area contributed by atoms with E-state index in [1.165, 1.54) is 11.9 Å². The molecule has 0 aromatic heterocycles. The molecule has 0 saturated carbocycles. The zero-order chi connectivity index (χ0) is 16.4. The Labute approximate surface area is 132 Å². The summed E-state index contributed by atoms with van der Waals surface area (Å²) >= 11 is 0. The first-order valence-electron chi connectivity index (χ1n) is 7.13. The van der Waals surface area contributed by atoms with Crippen LogP contribution >= 0.6 is 0 Å². The molecule has 3 rings (SSSR count). The Balaban J connectivity index is 1.77. The van der Waals surface area contributed by atoms with Crippen molar-refractivity contribution in [1.82, 2.24) is 4.90 Å². The highest BCUT2D eigenvalue weighted by Crippen LogP contribution is 2.31. The third-order valence-corrected chi connectivity index (χ3v) is 3.53. The molecule has 1 amide bonds. The van der Waals surface area contributed by atoms with Gasteiger partial charge in [-0.25, -0.2) is 8.78 Å². The number of nitrogens with zero attached hydrogens (tertiary/aromatic N) is 1. The number of fused-ring (bicyclic) bond motifs is 1. The fraction of sp³-hybridized carbons (Fsp3) is 0.235. The summed E-state index contributed by atoms with van der Waals surface area (Å²) in [4.78, 5) is 13.6. The molecule has 0 atom stereocenters. The molecule has 0 radical (unpaired) electrons. The van der Waals surface area contributed by atoms with Gasteiger partial charge in [-0.2, -0.15) is 0 Å². The number of ether oxygens (including phenoxy) is 2. The van der Waals surface area contributed by atoms with Gasteiger partial charge in [-0.05, 0) is 35.9 Å². The van der Waals surface area contributed by atoms with E-state index in [1.807, 2.05) is 0 Å². The second-order valence-corrected chi connectivity index (χ2v) is 5.26. The van der Waals surface area contributed by atoms with Crippen LogP contribution < -0.4 is 9.47 Å². The lowest BCUT2D eigenvalue weighted by atomic mass is 10.1. The minimum Gasteiger partial charge on any atom is -0.486 e. The van der Waals surface area contributed by atoms with E-state index in [1.54, 1.807) is 18.2 Å². The van der Waals surface area contributed by atoms with E-state index in [2.05, 4.69) is 0 Å². The number of amides is 1. The predicted octanol–water partition coefficient (Wildman–Crippen LogP) is 3.01. The lowest BCUT2D eigenvalue weighted by molar-refractivity contribution is 0.0779. The topological polar surface area (TPSA) is 38.8 Å². The van der Waals surface area contributed by atoms with Crippen molar-refractivity contribution in [2.45, 2.75) is 6.54 Å². The Morgan fingerprint density at radius 2 is 1.83 bits per heavy atom. The van der Waals surface area contributed by atoms with E-state index < -0.39 is 17.5 Å². The van der Waals surface area contributed by atoms with Gasteiger partial charge in [-0.3, -0.25) is 4.79 Å². The zero-order valence-corrected chi connectivity index (χ0v) is 12.5. The predicted molar refractivity (Wildman–Crippen MR) is 79.6 cm³/mol. The van der Waals surface area contributed by atoms with Gasteiger partial charge in [0.05, 0.1) is 5.56 Å². The molecule has 2 aromatic rings. The number of carbonyl (C=O) groups excluding carboxylic acids is 1. The van der Waals surface area contributed by atoms with E-state index in [0.717, 1.165) is 23.8 Å². The Hall–Kier alpha value is -2.63. The van der Waals surface area contributed by atoms with Crippen LogP contribution in [0.5, 0.6) is 11.5 Å². The van der Waals surface area contributed by atoms with Crippen molar-refractivity contribution in [3.05, 3.63) is 59.2 Å². The molecule has 23 heavy (non-hydrogen) atoms. The summed E-state index contributed by atoms with van der Waals surface area (Å²) in [7, 11) is 1.53. The van der Waals surface area contributed by atoms with Crippen LogP contribution in [0.4, 0.5) is 8.78 Å². The Kier molecular flexibility index (Phi) is 4.14. The monoisotopic (exact) mass is 319 g/mol. The second-order valence-electron chi connectivity index (χ2n) is 5.26. The molecule has 4 nitrogen and oxygen atoms in total. The van der Waals surface area contributed by atoms with Crippen LogP contribution in [-0.4, -0.2) is 31.1 Å². The van der Waals surface area contributed by atoms with Crippen LogP contribution in [0.3, 0.4) is 0 Å². The van der Waals surface area contributed by atoms with Gasteiger partial charge in [0, 0.05) is 13.6 Å². The maximum absolute atomic E-state index is 13.7. The van der Waals surface area contributed by atoms with Crippen LogP contribution in [-0.2, 0) is 6.54 Å². The summed E-state index contributed by atoms with van der Waals surface area (Å²) in [5, 5.41) is 0. The van der Waals surface area contributed by atoms with E-state index in [0.29, 0.717) is 24.7 Å². The number of hydrogen-bond acceptors (Lipinski definition) is 3. The van der Waals surface area contributed by atoms with E-state index in [9.17, 15) is 13.6 Å². The quantitative estimate of drug-likeness (QED) is 0.873. The number of hydrogen-bond donors (Lipinski definition) is 0. The summed E-state index contributed by atoms with van der Waals surface area (Å²) in [5.41, 5.74) is 0.520. The lowest BCUT2D eigenvalue weighted by Crippen LogP contribution is -2.27. The number of rotatable bonds is 3. The standard InChI is InChI=1S/C17H15F2NO3/c1-20(17(21)13-9-12(18)3-4-14(13)19)10-11-2-5-15-16(8-11)23-7-6-22-15/h2-5,8-9H,6-7,10H2,1H3. The number of carbonyl (C=O) groups is 1. The van der Waals surface area contributed by atoms with Crippen molar-refractivity contribution >= 4 is 5.91 Å². The van der Waals surface area contributed by atoms with Gasteiger partial charge < -0.3 is 14.4 Å². The minimum atomic E-state index is -0.745. The average molecular weight is 319 g/mol. The molecule has 0 N–H and O–H groups in total. The van der Waals surface area contributed by atoms with Crippen molar-refractivity contribution in [3.63, 3.8) is 0 Å². The van der Waals surface area contributed by atoms with Crippen LogP contribution in [0.15, 0.2) is 36.4 Å². The normalized spacial score (nSPS) is 12.8. The first-order chi connectivity index (χ1) is 11.0. The highest BCUT2D eigenvalue weighted by Gasteiger charge is 2.18. The Bertz CT molecular complexity index is 749. The molecular formula is C17H15F2NO3. The smallest absolute Gasteiger partial charge is 0.256 e. The number of halogens is 2. The molecule has 2 aromatic carbocycles. The summed E-state index contributed by atoms with van der Waals surface area (Å²) in [6, 6.07) is 8.18. The van der Waals surface area contributed by atoms with Crippen LogP contribution in [0.25, 0.3) is 0 Å². The van der Waals surface area contributed by atoms with Crippen molar-refractivity contribution in [2.75, 3.05) is 20.3 Å². The molecule has 0 unspecified atom stereocenters. The van der Waals surface area contributed by atoms with Crippen LogP contribution in [0.2, 0.25) is 0 Å². The van der Waals surface area contributed by atoms with Crippen molar-refractivity contribution in [3.8, 4) is 11.5 Å². The first kappa shape index (κ1) is 15.3. The largest absolute Gasteiger partial charge is 0.486 e. The van der Waals surface area contributed by atoms with Gasteiger partial charge in [-0.15, -0.1) is 0 Å². The van der Waals surface area contributed by atoms with Crippen molar-refractivity contribution in [2.24, 2.45) is 0 Å². The molecule has 1 heterocycles. The molecular weight excluding hydrogens is 304 g/mol. The van der Waals surface area contributed by atoms with Crippen LogP contribution in [0, 0.1) is 11.6 Å². The molecule has 120 valence electrons. The summed E-state index contributed by atoms with van der Waals surface area (Å²) in [5.74, 6) is -0.707. The van der Waals surface area contributed by atoms with Gasteiger partial charge in [0.1, 0.15) is 24.8 Å². The van der Waals surface area contributed by atoms with Crippen molar-refractivity contribution in [1.29, 1.82) is 0 Å². The van der Waals surface area contributed by atoms with E-state index >= 15 is 0 Å². The molecule has 0 aliphatic carbocycles. The molecule has 0 fully saturated rings. The maximum Gasteiger partial charge on any atom is 0.256 e. The lowest BCUT2D eigenvalue weighted by Gasteiger charge is -2.21. The zero-order valence-electron chi connectivity index (χ0n) is 12.5. The third kappa shape index (κ3) is 3.26. The Morgan fingerprint density at radius 1 is 1.09 bits per heavy atom. The minimum absolute atomic E-state index is 0.241. The first-order valence-corrected chi connectivity index (χ1v) is 7.13. The third-order valence-electron chi connectivity index (χ3n) is 3.53. The van der Waals surface area contributed by atoms with E-state index in [4.69, 9.17) is 9.47 Å². The summed E-state index contributed by atoms with van der Waals surface area (Å²) < 4.78 is 37.8. The highest BCUT2D eigenvalue weighted by molar-refractivity contribution is 5.94. The fourth-order valence-corrected chi connectivity index (χ4v) is 2.40. The van der Waals surface area contributed by atoms with Crippen LogP contribution in [0.1, 0.15) is 15.9 Å². The van der Waals surface area contributed by atoms with E-state index in [-0.39, 0.29) is 12.1 Å². The maximum atomic E-state index is 13.7. The molecule has 0 spiro atoms.